The molecule has 0 bridgehead atoms. The molecule has 1 aromatic carbocycles. The van der Waals surface area contributed by atoms with E-state index in [1.54, 1.807) is 12.4 Å². The van der Waals surface area contributed by atoms with E-state index in [0.29, 0.717) is 18.4 Å². The molecule has 5 rings (SSSR count). The van der Waals surface area contributed by atoms with Crippen LogP contribution in [0.2, 0.25) is 0 Å². The van der Waals surface area contributed by atoms with Crippen LogP contribution in [-0.2, 0) is 17.5 Å². The Hall–Kier alpha value is -2.62. The smallest absolute Gasteiger partial charge is 0.171 e. The first kappa shape index (κ1) is 28.4. The summed E-state index contributed by atoms with van der Waals surface area (Å²) < 4.78 is 18.0. The standard InChI is InChI=1S/C27H31BrN6OS.C2H6/c1-3-19(2)21-6-8-23(9-7-21)36(35)33-13-10-22(11-14-33)25-15-26(30-17-20-5-4-12-29-16-20)34-27(32-25)24(28)18-31-34;1-2/h4-9,12,15-16,18-19,22,30H,3,10-11,13-14,17H2,1-2H3;1-2H3. The van der Waals surface area contributed by atoms with Crippen LogP contribution in [-0.4, -0.2) is 41.2 Å². The average Bonchev–Trinajstić information content (AvgIpc) is 3.37. The van der Waals surface area contributed by atoms with Gasteiger partial charge < -0.3 is 5.32 Å². The van der Waals surface area contributed by atoms with Crippen molar-refractivity contribution in [2.24, 2.45) is 0 Å². The summed E-state index contributed by atoms with van der Waals surface area (Å²) in [6.07, 6.45) is 8.34. The van der Waals surface area contributed by atoms with Gasteiger partial charge in [-0.15, -0.1) is 0 Å². The van der Waals surface area contributed by atoms with Gasteiger partial charge in [0.05, 0.1) is 15.6 Å². The lowest BCUT2D eigenvalue weighted by Crippen LogP contribution is -2.34. The number of hydrogen-bond acceptors (Lipinski definition) is 5. The lowest BCUT2D eigenvalue weighted by atomic mass is 9.94. The van der Waals surface area contributed by atoms with Gasteiger partial charge in [-0.1, -0.05) is 45.9 Å². The van der Waals surface area contributed by atoms with Crippen LogP contribution in [0.5, 0.6) is 0 Å². The molecular formula is C29H37BrN6OS. The fourth-order valence-electron chi connectivity index (χ4n) is 4.60. The second-order valence-corrected chi connectivity index (χ2v) is 11.7. The van der Waals surface area contributed by atoms with E-state index < -0.39 is 11.0 Å². The fraction of sp³-hybridized carbons (Fsp3) is 0.414. The zero-order valence-electron chi connectivity index (χ0n) is 22.6. The van der Waals surface area contributed by atoms with Crippen molar-refractivity contribution in [3.63, 3.8) is 0 Å². The number of nitrogens with one attached hydrogen (secondary N) is 1. The first-order valence-electron chi connectivity index (χ1n) is 13.5. The highest BCUT2D eigenvalue weighted by Gasteiger charge is 2.27. The van der Waals surface area contributed by atoms with Crippen molar-refractivity contribution < 1.29 is 4.21 Å². The summed E-state index contributed by atoms with van der Waals surface area (Å²) in [5.74, 6) is 1.72. The van der Waals surface area contributed by atoms with E-state index in [0.717, 1.165) is 64.4 Å². The molecule has 4 aromatic rings. The Kier molecular flexibility index (Phi) is 10.0. The van der Waals surface area contributed by atoms with E-state index in [2.05, 4.69) is 67.7 Å². The van der Waals surface area contributed by atoms with E-state index in [-0.39, 0.29) is 0 Å². The molecule has 0 aliphatic carbocycles. The number of aromatic nitrogens is 4. The summed E-state index contributed by atoms with van der Waals surface area (Å²) in [6.45, 7) is 10.6. The predicted octanol–water partition coefficient (Wildman–Crippen LogP) is 6.94. The van der Waals surface area contributed by atoms with Gasteiger partial charge in [-0.05, 0) is 70.4 Å². The summed E-state index contributed by atoms with van der Waals surface area (Å²) >= 11 is 3.60. The van der Waals surface area contributed by atoms with Gasteiger partial charge in [0.25, 0.3) is 0 Å². The van der Waals surface area contributed by atoms with Crippen molar-refractivity contribution in [3.05, 3.63) is 82.3 Å². The molecule has 1 fully saturated rings. The van der Waals surface area contributed by atoms with Crippen molar-refractivity contribution in [2.45, 2.75) is 70.2 Å². The zero-order chi connectivity index (χ0) is 27.1. The maximum atomic E-state index is 13.2. The average molecular weight is 598 g/mol. The van der Waals surface area contributed by atoms with Gasteiger partial charge in [-0.25, -0.2) is 13.5 Å². The molecule has 2 atom stereocenters. The molecule has 1 aliphatic rings. The maximum absolute atomic E-state index is 13.2. The van der Waals surface area contributed by atoms with Gasteiger partial charge in [0.15, 0.2) is 5.65 Å². The molecule has 2 unspecified atom stereocenters. The second-order valence-electron chi connectivity index (χ2n) is 9.34. The topological polar surface area (TPSA) is 75.4 Å². The van der Waals surface area contributed by atoms with Gasteiger partial charge in [-0.3, -0.25) is 4.98 Å². The Labute approximate surface area is 236 Å². The molecular weight excluding hydrogens is 560 g/mol. The summed E-state index contributed by atoms with van der Waals surface area (Å²) in [4.78, 5) is 10.0. The highest BCUT2D eigenvalue weighted by Crippen LogP contribution is 2.32. The molecule has 0 saturated carbocycles. The van der Waals surface area contributed by atoms with Gasteiger partial charge in [0.1, 0.15) is 16.8 Å². The molecule has 0 radical (unpaired) electrons. The SMILES string of the molecule is CC.CCC(C)c1ccc(S(=O)N2CCC(c3cc(NCc4cccnc4)n4ncc(Br)c4n3)CC2)cc1. The van der Waals surface area contributed by atoms with Crippen molar-refractivity contribution in [1.82, 2.24) is 23.9 Å². The van der Waals surface area contributed by atoms with Crippen LogP contribution in [0.4, 0.5) is 5.82 Å². The second kappa shape index (κ2) is 13.4. The predicted molar refractivity (Wildman–Crippen MR) is 159 cm³/mol. The highest BCUT2D eigenvalue weighted by molar-refractivity contribution is 9.10. The zero-order valence-corrected chi connectivity index (χ0v) is 25.0. The molecule has 1 aliphatic heterocycles. The minimum absolute atomic E-state index is 0.303. The van der Waals surface area contributed by atoms with E-state index in [1.807, 2.05) is 48.8 Å². The molecule has 0 amide bonds. The third kappa shape index (κ3) is 6.50. The largest absolute Gasteiger partial charge is 0.366 e. The minimum atomic E-state index is -1.14. The van der Waals surface area contributed by atoms with Crippen molar-refractivity contribution >= 4 is 38.4 Å². The first-order chi connectivity index (χ1) is 18.5. The van der Waals surface area contributed by atoms with Gasteiger partial charge >= 0.3 is 0 Å². The molecule has 38 heavy (non-hydrogen) atoms. The Bertz CT molecular complexity index is 1340. The molecule has 3 aromatic heterocycles. The third-order valence-electron chi connectivity index (χ3n) is 7.01. The van der Waals surface area contributed by atoms with E-state index in [9.17, 15) is 4.21 Å². The van der Waals surface area contributed by atoms with Crippen LogP contribution in [0.15, 0.2) is 70.4 Å². The van der Waals surface area contributed by atoms with Crippen LogP contribution in [0.1, 0.15) is 75.6 Å². The number of rotatable bonds is 8. The molecule has 1 saturated heterocycles. The van der Waals surface area contributed by atoms with Gasteiger partial charge in [0.2, 0.25) is 0 Å². The summed E-state index contributed by atoms with van der Waals surface area (Å²) in [7, 11) is -1.14. The van der Waals surface area contributed by atoms with E-state index in [4.69, 9.17) is 4.98 Å². The van der Waals surface area contributed by atoms with E-state index in [1.165, 1.54) is 5.56 Å². The molecule has 202 valence electrons. The normalized spacial score (nSPS) is 16.0. The fourth-order valence-corrected chi connectivity index (χ4v) is 6.16. The van der Waals surface area contributed by atoms with Crippen LogP contribution in [0.25, 0.3) is 5.65 Å². The first-order valence-corrected chi connectivity index (χ1v) is 15.4. The quantitative estimate of drug-likeness (QED) is 0.238. The Balaban J connectivity index is 0.00000164. The number of pyridine rings is 1. The van der Waals surface area contributed by atoms with Crippen LogP contribution in [0, 0.1) is 0 Å². The van der Waals surface area contributed by atoms with Crippen molar-refractivity contribution in [3.8, 4) is 0 Å². The number of halogens is 1. The lowest BCUT2D eigenvalue weighted by molar-refractivity contribution is 0.331. The maximum Gasteiger partial charge on any atom is 0.171 e. The van der Waals surface area contributed by atoms with Crippen LogP contribution < -0.4 is 5.32 Å². The molecule has 9 heteroatoms. The molecule has 1 N–H and O–H groups in total. The molecule has 4 heterocycles. The number of piperidine rings is 1. The van der Waals surface area contributed by atoms with Crippen LogP contribution >= 0.6 is 15.9 Å². The Morgan fingerprint density at radius 1 is 1.13 bits per heavy atom. The van der Waals surface area contributed by atoms with Crippen molar-refractivity contribution in [2.75, 3.05) is 18.4 Å². The van der Waals surface area contributed by atoms with Gasteiger partial charge in [0, 0.05) is 49.7 Å². The minimum Gasteiger partial charge on any atom is -0.366 e. The Morgan fingerprint density at radius 3 is 2.53 bits per heavy atom. The monoisotopic (exact) mass is 596 g/mol. The lowest BCUT2D eigenvalue weighted by Gasteiger charge is -2.30. The molecule has 0 spiro atoms. The van der Waals surface area contributed by atoms with Crippen LogP contribution in [0.3, 0.4) is 0 Å². The third-order valence-corrected chi connectivity index (χ3v) is 9.08. The van der Waals surface area contributed by atoms with Gasteiger partial charge in [-0.2, -0.15) is 9.61 Å². The number of benzene rings is 1. The number of nitrogens with zero attached hydrogens (tertiary/aromatic N) is 5. The number of anilines is 1. The Morgan fingerprint density at radius 2 is 1.87 bits per heavy atom. The number of fused-ring (bicyclic) bond motifs is 1. The van der Waals surface area contributed by atoms with Crippen molar-refractivity contribution in [1.29, 1.82) is 0 Å². The van der Waals surface area contributed by atoms with E-state index >= 15 is 0 Å². The molecule has 7 nitrogen and oxygen atoms in total. The summed E-state index contributed by atoms with van der Waals surface area (Å²) in [5, 5.41) is 7.99. The summed E-state index contributed by atoms with van der Waals surface area (Å²) in [6, 6.07) is 14.4. The summed E-state index contributed by atoms with van der Waals surface area (Å²) in [5.41, 5.74) is 4.25. The highest BCUT2D eigenvalue weighted by atomic mass is 79.9. The number of hydrogen-bond donors (Lipinski definition) is 1.